The van der Waals surface area contributed by atoms with Crippen LogP contribution in [-0.4, -0.2) is 44.2 Å². The van der Waals surface area contributed by atoms with Gasteiger partial charge in [-0.05, 0) is 37.6 Å². The van der Waals surface area contributed by atoms with Gasteiger partial charge in [-0.15, -0.1) is 11.8 Å². The lowest BCUT2D eigenvalue weighted by Gasteiger charge is -2.12. The molecule has 0 aromatic heterocycles. The van der Waals surface area contributed by atoms with Crippen LogP contribution < -0.4 is 10.1 Å². The number of methoxy groups -OCH3 is 1. The minimum absolute atomic E-state index is 0.0419. The Labute approximate surface area is 137 Å². The van der Waals surface area contributed by atoms with E-state index in [1.165, 1.54) is 11.8 Å². The summed E-state index contributed by atoms with van der Waals surface area (Å²) in [7, 11) is 1.58. The van der Waals surface area contributed by atoms with Crippen molar-refractivity contribution in [2.45, 2.75) is 29.7 Å². The molecule has 0 saturated carbocycles. The number of benzene rings is 1. The number of carbonyl (C=O) groups excluding carboxylic acids is 1. The van der Waals surface area contributed by atoms with Gasteiger partial charge in [0.2, 0.25) is 5.91 Å². The lowest BCUT2D eigenvalue weighted by Crippen LogP contribution is -2.32. The van der Waals surface area contributed by atoms with E-state index < -0.39 is 12.8 Å². The van der Waals surface area contributed by atoms with Crippen molar-refractivity contribution >= 4 is 17.7 Å². The highest BCUT2D eigenvalue weighted by Gasteiger charge is 2.27. The zero-order chi connectivity index (χ0) is 17.3. The van der Waals surface area contributed by atoms with E-state index >= 15 is 0 Å². The van der Waals surface area contributed by atoms with Crippen molar-refractivity contribution in [1.29, 1.82) is 0 Å². The van der Waals surface area contributed by atoms with Crippen molar-refractivity contribution < 1.29 is 27.4 Å². The molecule has 0 radical (unpaired) electrons. The topological polar surface area (TPSA) is 47.6 Å². The van der Waals surface area contributed by atoms with Gasteiger partial charge in [-0.3, -0.25) is 4.79 Å². The molecule has 0 spiro atoms. The Bertz CT molecular complexity index is 480. The SMILES string of the molecule is COc1ccc(SC(C)C(=O)NCCCOCC(F)(F)F)cc1. The molecular weight excluding hydrogens is 331 g/mol. The zero-order valence-corrected chi connectivity index (χ0v) is 13.8. The Morgan fingerprint density at radius 2 is 1.96 bits per heavy atom. The minimum atomic E-state index is -4.31. The first-order valence-corrected chi connectivity index (χ1v) is 7.92. The Hall–Kier alpha value is -1.41. The highest BCUT2D eigenvalue weighted by molar-refractivity contribution is 8.00. The third-order valence-corrected chi connectivity index (χ3v) is 3.88. The Kier molecular flexibility index (Phi) is 8.25. The maximum absolute atomic E-state index is 11.9. The van der Waals surface area contributed by atoms with Crippen LogP contribution in [0.15, 0.2) is 29.2 Å². The van der Waals surface area contributed by atoms with Crippen LogP contribution in [0.4, 0.5) is 13.2 Å². The van der Waals surface area contributed by atoms with Gasteiger partial charge in [-0.25, -0.2) is 0 Å². The van der Waals surface area contributed by atoms with Crippen LogP contribution in [0.25, 0.3) is 0 Å². The first-order valence-electron chi connectivity index (χ1n) is 7.05. The molecule has 0 aliphatic rings. The molecular formula is C15H20F3NO3S. The number of carbonyl (C=O) groups is 1. The van der Waals surface area contributed by atoms with E-state index in [0.717, 1.165) is 10.6 Å². The van der Waals surface area contributed by atoms with Gasteiger partial charge in [0.1, 0.15) is 12.4 Å². The molecule has 0 heterocycles. The van der Waals surface area contributed by atoms with Crippen molar-refractivity contribution in [1.82, 2.24) is 5.32 Å². The summed E-state index contributed by atoms with van der Waals surface area (Å²) >= 11 is 1.39. The van der Waals surface area contributed by atoms with Crippen LogP contribution in [-0.2, 0) is 9.53 Å². The summed E-state index contributed by atoms with van der Waals surface area (Å²) in [6.07, 6.45) is -3.98. The molecule has 1 amide bonds. The van der Waals surface area contributed by atoms with Gasteiger partial charge in [-0.2, -0.15) is 13.2 Å². The molecule has 130 valence electrons. The van der Waals surface area contributed by atoms with Crippen LogP contribution in [0.5, 0.6) is 5.75 Å². The van der Waals surface area contributed by atoms with Crippen LogP contribution in [0.1, 0.15) is 13.3 Å². The molecule has 1 unspecified atom stereocenters. The molecule has 0 saturated heterocycles. The normalized spacial score (nSPS) is 12.7. The van der Waals surface area contributed by atoms with E-state index in [2.05, 4.69) is 10.1 Å². The molecule has 0 aliphatic heterocycles. The van der Waals surface area contributed by atoms with Crippen molar-refractivity contribution in [3.05, 3.63) is 24.3 Å². The number of rotatable bonds is 9. The van der Waals surface area contributed by atoms with E-state index in [1.54, 1.807) is 14.0 Å². The van der Waals surface area contributed by atoms with Gasteiger partial charge < -0.3 is 14.8 Å². The fourth-order valence-corrected chi connectivity index (χ4v) is 2.52. The smallest absolute Gasteiger partial charge is 0.411 e. The summed E-state index contributed by atoms with van der Waals surface area (Å²) in [6.45, 7) is 0.749. The third kappa shape index (κ3) is 8.71. The van der Waals surface area contributed by atoms with Crippen molar-refractivity contribution in [3.63, 3.8) is 0 Å². The molecule has 8 heteroatoms. The number of amides is 1. The molecule has 1 aromatic carbocycles. The van der Waals surface area contributed by atoms with Gasteiger partial charge >= 0.3 is 6.18 Å². The second kappa shape index (κ2) is 9.67. The summed E-state index contributed by atoms with van der Waals surface area (Å²) in [5.41, 5.74) is 0. The van der Waals surface area contributed by atoms with Crippen LogP contribution in [0, 0.1) is 0 Å². The predicted octanol–water partition coefficient (Wildman–Crippen LogP) is 3.26. The van der Waals surface area contributed by atoms with Gasteiger partial charge in [0.05, 0.1) is 12.4 Å². The van der Waals surface area contributed by atoms with Gasteiger partial charge in [0, 0.05) is 18.0 Å². The molecule has 1 atom stereocenters. The number of hydrogen-bond acceptors (Lipinski definition) is 4. The number of halogens is 3. The molecule has 1 N–H and O–H groups in total. The maximum atomic E-state index is 11.9. The molecule has 23 heavy (non-hydrogen) atoms. The molecule has 0 fully saturated rings. The minimum Gasteiger partial charge on any atom is -0.497 e. The number of hydrogen-bond donors (Lipinski definition) is 1. The van der Waals surface area contributed by atoms with E-state index in [-0.39, 0.29) is 24.3 Å². The van der Waals surface area contributed by atoms with Gasteiger partial charge in [0.15, 0.2) is 0 Å². The Morgan fingerprint density at radius 3 is 2.52 bits per heavy atom. The third-order valence-electron chi connectivity index (χ3n) is 2.77. The molecule has 0 bridgehead atoms. The number of ether oxygens (including phenoxy) is 2. The van der Waals surface area contributed by atoms with E-state index in [1.807, 2.05) is 24.3 Å². The van der Waals surface area contributed by atoms with Crippen LogP contribution >= 0.6 is 11.8 Å². The molecule has 4 nitrogen and oxygen atoms in total. The van der Waals surface area contributed by atoms with Gasteiger partial charge in [0.25, 0.3) is 0 Å². The predicted molar refractivity (Wildman–Crippen MR) is 82.8 cm³/mol. The average molecular weight is 351 g/mol. The lowest BCUT2D eigenvalue weighted by molar-refractivity contribution is -0.174. The maximum Gasteiger partial charge on any atom is 0.411 e. The van der Waals surface area contributed by atoms with Crippen molar-refractivity contribution in [2.75, 3.05) is 26.9 Å². The van der Waals surface area contributed by atoms with Crippen LogP contribution in [0.3, 0.4) is 0 Å². The quantitative estimate of drug-likeness (QED) is 0.548. The second-order valence-electron chi connectivity index (χ2n) is 4.75. The summed E-state index contributed by atoms with van der Waals surface area (Å²) in [5, 5.41) is 2.37. The lowest BCUT2D eigenvalue weighted by atomic mass is 10.3. The van der Waals surface area contributed by atoms with E-state index in [9.17, 15) is 18.0 Å². The monoisotopic (exact) mass is 351 g/mol. The standard InChI is InChI=1S/C15H20F3NO3S/c1-11(23-13-6-4-12(21-2)5-7-13)14(20)19-8-3-9-22-10-15(16,17)18/h4-7,11H,3,8-10H2,1-2H3,(H,19,20). The fraction of sp³-hybridized carbons (Fsp3) is 0.533. The summed E-state index contributed by atoms with van der Waals surface area (Å²) in [4.78, 5) is 12.8. The van der Waals surface area contributed by atoms with Crippen molar-refractivity contribution in [2.24, 2.45) is 0 Å². The zero-order valence-electron chi connectivity index (χ0n) is 13.0. The van der Waals surface area contributed by atoms with Crippen molar-refractivity contribution in [3.8, 4) is 5.75 Å². The van der Waals surface area contributed by atoms with E-state index in [4.69, 9.17) is 4.74 Å². The molecule has 0 aliphatic carbocycles. The average Bonchev–Trinajstić information content (AvgIpc) is 2.50. The Balaban J connectivity index is 2.20. The summed E-state index contributed by atoms with van der Waals surface area (Å²) < 4.78 is 45.1. The number of thioether (sulfide) groups is 1. The first-order chi connectivity index (χ1) is 10.8. The Morgan fingerprint density at radius 1 is 1.30 bits per heavy atom. The first kappa shape index (κ1) is 19.6. The number of alkyl halides is 3. The fourth-order valence-electron chi connectivity index (χ4n) is 1.63. The molecule has 1 rings (SSSR count). The number of nitrogens with one attached hydrogen (secondary N) is 1. The summed E-state index contributed by atoms with van der Waals surface area (Å²) in [6, 6.07) is 7.34. The second-order valence-corrected chi connectivity index (χ2v) is 6.16. The highest BCUT2D eigenvalue weighted by atomic mass is 32.2. The van der Waals surface area contributed by atoms with Crippen LogP contribution in [0.2, 0.25) is 0 Å². The van der Waals surface area contributed by atoms with Gasteiger partial charge in [-0.1, -0.05) is 0 Å². The molecule has 1 aromatic rings. The largest absolute Gasteiger partial charge is 0.497 e. The highest BCUT2D eigenvalue weighted by Crippen LogP contribution is 2.25. The van der Waals surface area contributed by atoms with E-state index in [0.29, 0.717) is 6.42 Å². The summed E-state index contributed by atoms with van der Waals surface area (Å²) in [5.74, 6) is 0.576.